The second-order valence-electron chi connectivity index (χ2n) is 7.53. The Labute approximate surface area is 149 Å². The third-order valence-electron chi connectivity index (χ3n) is 5.66. The average molecular weight is 344 g/mol. The molecule has 136 valence electrons. The van der Waals surface area contributed by atoms with Gasteiger partial charge in [-0.15, -0.1) is 0 Å². The van der Waals surface area contributed by atoms with E-state index < -0.39 is 0 Å². The average Bonchev–Trinajstić information content (AvgIpc) is 3.33. The molecule has 3 aliphatic rings. The predicted molar refractivity (Wildman–Crippen MR) is 95.5 cm³/mol. The van der Waals surface area contributed by atoms with Crippen LogP contribution in [0.5, 0.6) is 0 Å². The van der Waals surface area contributed by atoms with E-state index in [9.17, 15) is 4.79 Å². The van der Waals surface area contributed by atoms with Crippen LogP contribution in [0.2, 0.25) is 0 Å². The molecule has 1 aliphatic carbocycles. The maximum atomic E-state index is 12.9. The number of nitrogens with one attached hydrogen (secondary N) is 1. The lowest BCUT2D eigenvalue weighted by Gasteiger charge is -2.36. The minimum Gasteiger partial charge on any atom is -0.375 e. The highest BCUT2D eigenvalue weighted by Gasteiger charge is 2.37. The summed E-state index contributed by atoms with van der Waals surface area (Å²) in [5, 5.41) is 3.31. The van der Waals surface area contributed by atoms with Crippen molar-refractivity contribution in [2.24, 2.45) is 5.92 Å². The molecule has 4 rings (SSSR count). The molecule has 3 atom stereocenters. The Morgan fingerprint density at radius 3 is 2.68 bits per heavy atom. The number of morpholine rings is 1. The molecule has 1 aromatic carbocycles. The van der Waals surface area contributed by atoms with E-state index in [0.717, 1.165) is 19.4 Å². The molecule has 1 saturated carbocycles. The molecular weight excluding hydrogens is 316 g/mol. The Morgan fingerprint density at radius 1 is 1.16 bits per heavy atom. The highest BCUT2D eigenvalue weighted by atomic mass is 16.5. The molecule has 0 spiro atoms. The monoisotopic (exact) mass is 344 g/mol. The van der Waals surface area contributed by atoms with Crippen molar-refractivity contribution in [2.45, 2.75) is 50.9 Å². The van der Waals surface area contributed by atoms with Crippen molar-refractivity contribution in [3.63, 3.8) is 0 Å². The fourth-order valence-electron chi connectivity index (χ4n) is 4.02. The van der Waals surface area contributed by atoms with E-state index in [0.29, 0.717) is 25.6 Å². The van der Waals surface area contributed by atoms with Crippen LogP contribution in [-0.2, 0) is 9.47 Å². The normalized spacial score (nSPS) is 28.0. The van der Waals surface area contributed by atoms with Crippen LogP contribution >= 0.6 is 0 Å². The van der Waals surface area contributed by atoms with Gasteiger partial charge in [-0.25, -0.2) is 4.79 Å². The largest absolute Gasteiger partial charge is 0.375 e. The van der Waals surface area contributed by atoms with Gasteiger partial charge in [-0.2, -0.15) is 0 Å². The van der Waals surface area contributed by atoms with E-state index in [2.05, 4.69) is 36.5 Å². The molecule has 0 aromatic heterocycles. The maximum absolute atomic E-state index is 12.9. The van der Waals surface area contributed by atoms with E-state index in [-0.39, 0.29) is 24.3 Å². The number of nitrogens with zero attached hydrogens (tertiary/aromatic N) is 1. The number of hydrogen-bond donors (Lipinski definition) is 1. The van der Waals surface area contributed by atoms with E-state index >= 15 is 0 Å². The molecule has 1 aromatic rings. The molecule has 5 nitrogen and oxygen atoms in total. The third kappa shape index (κ3) is 3.82. The van der Waals surface area contributed by atoms with Crippen LogP contribution in [-0.4, -0.2) is 49.4 Å². The zero-order valence-electron chi connectivity index (χ0n) is 14.9. The highest BCUT2D eigenvalue weighted by Crippen LogP contribution is 2.42. The molecule has 0 radical (unpaired) electrons. The van der Waals surface area contributed by atoms with Crippen molar-refractivity contribution < 1.29 is 14.3 Å². The molecule has 1 N–H and O–H groups in total. The standard InChI is InChI=1S/C20H28N2O3/c1-14-5-2-3-6-16(14)19(15-8-9-15)21-20(23)22-10-12-25-18(13-22)17-7-4-11-24-17/h2-3,5-6,15,17-19H,4,7-13H2,1H3,(H,21,23)/t17-,18-,19-/m1/s1. The van der Waals surface area contributed by atoms with Crippen molar-refractivity contribution in [3.05, 3.63) is 35.4 Å². The molecule has 3 fully saturated rings. The minimum absolute atomic E-state index is 0.0137. The van der Waals surface area contributed by atoms with Crippen LogP contribution in [0.1, 0.15) is 42.9 Å². The second-order valence-corrected chi connectivity index (χ2v) is 7.53. The van der Waals surface area contributed by atoms with Crippen LogP contribution in [0.3, 0.4) is 0 Å². The van der Waals surface area contributed by atoms with Gasteiger partial charge in [0, 0.05) is 13.2 Å². The summed E-state index contributed by atoms with van der Waals surface area (Å²) in [6.07, 6.45) is 4.68. The molecule has 2 saturated heterocycles. The summed E-state index contributed by atoms with van der Waals surface area (Å²) < 4.78 is 11.6. The lowest BCUT2D eigenvalue weighted by molar-refractivity contribution is -0.0850. The summed E-state index contributed by atoms with van der Waals surface area (Å²) in [5.41, 5.74) is 2.50. The third-order valence-corrected chi connectivity index (χ3v) is 5.66. The predicted octanol–water partition coefficient (Wildman–Crippen LogP) is 3.04. The van der Waals surface area contributed by atoms with Gasteiger partial charge in [-0.3, -0.25) is 0 Å². The van der Waals surface area contributed by atoms with Crippen molar-refractivity contribution >= 4 is 6.03 Å². The fourth-order valence-corrected chi connectivity index (χ4v) is 4.02. The van der Waals surface area contributed by atoms with Crippen molar-refractivity contribution in [1.29, 1.82) is 0 Å². The van der Waals surface area contributed by atoms with Gasteiger partial charge in [0.15, 0.2) is 0 Å². The lowest BCUT2D eigenvalue weighted by Crippen LogP contribution is -2.53. The Hall–Kier alpha value is -1.59. The number of carbonyl (C=O) groups is 1. The summed E-state index contributed by atoms with van der Waals surface area (Å²) in [5.74, 6) is 0.569. The van der Waals surface area contributed by atoms with Gasteiger partial charge in [-0.05, 0) is 49.7 Å². The number of carbonyl (C=O) groups excluding carboxylic acids is 1. The number of rotatable bonds is 4. The number of ether oxygens (including phenoxy) is 2. The molecule has 2 aliphatic heterocycles. The molecule has 2 heterocycles. The van der Waals surface area contributed by atoms with Crippen LogP contribution in [0.25, 0.3) is 0 Å². The zero-order valence-corrected chi connectivity index (χ0v) is 14.9. The summed E-state index contributed by atoms with van der Waals surface area (Å²) in [4.78, 5) is 14.8. The van der Waals surface area contributed by atoms with Gasteiger partial charge in [-0.1, -0.05) is 24.3 Å². The van der Waals surface area contributed by atoms with Crippen LogP contribution < -0.4 is 5.32 Å². The molecular formula is C20H28N2O3. The Balaban J connectivity index is 1.42. The van der Waals surface area contributed by atoms with Gasteiger partial charge in [0.2, 0.25) is 0 Å². The maximum Gasteiger partial charge on any atom is 0.318 e. The van der Waals surface area contributed by atoms with E-state index in [4.69, 9.17) is 9.47 Å². The summed E-state index contributed by atoms with van der Waals surface area (Å²) in [6, 6.07) is 8.54. The first-order valence-electron chi connectivity index (χ1n) is 9.56. The number of hydrogen-bond acceptors (Lipinski definition) is 3. The Kier molecular flexibility index (Phi) is 4.95. The van der Waals surface area contributed by atoms with Gasteiger partial charge < -0.3 is 19.7 Å². The van der Waals surface area contributed by atoms with Crippen molar-refractivity contribution in [2.75, 3.05) is 26.3 Å². The summed E-state index contributed by atoms with van der Waals surface area (Å²) in [6.45, 7) is 4.81. The first-order chi connectivity index (χ1) is 12.2. The SMILES string of the molecule is Cc1ccccc1[C@H](NC(=O)N1CCO[C@@H]([C@H]2CCCO2)C1)C1CC1. The topological polar surface area (TPSA) is 50.8 Å². The number of amides is 2. The minimum atomic E-state index is 0.0137. The number of aryl methyl sites for hydroxylation is 1. The number of benzene rings is 1. The molecule has 0 bridgehead atoms. The Bertz CT molecular complexity index is 611. The summed E-state index contributed by atoms with van der Waals surface area (Å²) in [7, 11) is 0. The second kappa shape index (κ2) is 7.34. The Morgan fingerprint density at radius 2 is 1.96 bits per heavy atom. The number of urea groups is 1. The quantitative estimate of drug-likeness (QED) is 0.913. The fraction of sp³-hybridized carbons (Fsp3) is 0.650. The molecule has 0 unspecified atom stereocenters. The lowest BCUT2D eigenvalue weighted by atomic mass is 9.98. The van der Waals surface area contributed by atoms with Gasteiger partial charge in [0.05, 0.1) is 25.3 Å². The van der Waals surface area contributed by atoms with Gasteiger partial charge >= 0.3 is 6.03 Å². The van der Waals surface area contributed by atoms with Crippen molar-refractivity contribution in [3.8, 4) is 0 Å². The van der Waals surface area contributed by atoms with E-state index in [1.54, 1.807) is 0 Å². The van der Waals surface area contributed by atoms with Gasteiger partial charge in [0.1, 0.15) is 6.10 Å². The molecule has 5 heteroatoms. The van der Waals surface area contributed by atoms with Crippen molar-refractivity contribution in [1.82, 2.24) is 10.2 Å². The van der Waals surface area contributed by atoms with Crippen LogP contribution in [0, 0.1) is 12.8 Å². The van der Waals surface area contributed by atoms with Crippen LogP contribution in [0.4, 0.5) is 4.79 Å². The molecule has 25 heavy (non-hydrogen) atoms. The molecule has 2 amide bonds. The van der Waals surface area contributed by atoms with Gasteiger partial charge in [0.25, 0.3) is 0 Å². The van der Waals surface area contributed by atoms with E-state index in [1.807, 2.05) is 4.90 Å². The van der Waals surface area contributed by atoms with E-state index in [1.165, 1.54) is 24.0 Å². The first kappa shape index (κ1) is 16.9. The first-order valence-corrected chi connectivity index (χ1v) is 9.56. The zero-order chi connectivity index (χ0) is 17.2. The highest BCUT2D eigenvalue weighted by molar-refractivity contribution is 5.75. The smallest absolute Gasteiger partial charge is 0.318 e. The summed E-state index contributed by atoms with van der Waals surface area (Å²) >= 11 is 0. The van der Waals surface area contributed by atoms with Crippen LogP contribution in [0.15, 0.2) is 24.3 Å².